The van der Waals surface area contributed by atoms with Crippen molar-refractivity contribution in [3.8, 4) is 0 Å². The number of nitrogens with one attached hydrogen (secondary N) is 1. The second-order valence-electron chi connectivity index (χ2n) is 7.58. The molecule has 0 aliphatic heterocycles. The fourth-order valence-electron chi connectivity index (χ4n) is 5.55. The van der Waals surface area contributed by atoms with Gasteiger partial charge in [-0.05, 0) is 79.0 Å². The molecule has 0 spiro atoms. The summed E-state index contributed by atoms with van der Waals surface area (Å²) in [7, 11) is 0. The van der Waals surface area contributed by atoms with Crippen LogP contribution in [0.1, 0.15) is 45.4 Å². The van der Waals surface area contributed by atoms with E-state index in [0.717, 1.165) is 17.8 Å². The molecule has 1 aromatic rings. The Bertz CT molecular complexity index is 491. The number of carbonyl (C=O) groups excluding carboxylic acids is 1. The standard InChI is InChI=1S/C15H23N5O/c1-10(17-14(21)8-20-9-16-18-19-20)15-5-11-2-12(6-15)4-13(3-11)7-15/h9-13H,2-8H2,1H3,(H,17,21)/t10-,11?,12?,13?,15?/m1/s1. The summed E-state index contributed by atoms with van der Waals surface area (Å²) in [5.74, 6) is 2.76. The fourth-order valence-corrected chi connectivity index (χ4v) is 5.55. The zero-order valence-corrected chi connectivity index (χ0v) is 12.5. The predicted octanol–water partition coefficient (Wildman–Crippen LogP) is 1.39. The van der Waals surface area contributed by atoms with Crippen molar-refractivity contribution in [1.29, 1.82) is 0 Å². The largest absolute Gasteiger partial charge is 0.351 e. The van der Waals surface area contributed by atoms with Crippen LogP contribution in [0.2, 0.25) is 0 Å². The molecule has 5 rings (SSSR count). The van der Waals surface area contributed by atoms with Crippen LogP contribution >= 0.6 is 0 Å². The van der Waals surface area contributed by atoms with Crippen molar-refractivity contribution >= 4 is 5.91 Å². The van der Waals surface area contributed by atoms with E-state index in [4.69, 9.17) is 0 Å². The van der Waals surface area contributed by atoms with Gasteiger partial charge in [0.1, 0.15) is 12.9 Å². The van der Waals surface area contributed by atoms with Crippen molar-refractivity contribution in [2.75, 3.05) is 0 Å². The fraction of sp³-hybridized carbons (Fsp3) is 0.867. The van der Waals surface area contributed by atoms with Crippen LogP contribution in [0.5, 0.6) is 0 Å². The summed E-state index contributed by atoms with van der Waals surface area (Å²) >= 11 is 0. The first kappa shape index (κ1) is 13.2. The molecule has 1 N–H and O–H groups in total. The molecule has 6 nitrogen and oxygen atoms in total. The highest BCUT2D eigenvalue weighted by atomic mass is 16.2. The highest BCUT2D eigenvalue weighted by Gasteiger charge is 2.53. The molecule has 21 heavy (non-hydrogen) atoms. The number of amides is 1. The third-order valence-corrected chi connectivity index (χ3v) is 6.08. The Labute approximate surface area is 124 Å². The lowest BCUT2D eigenvalue weighted by molar-refractivity contribution is -0.126. The molecule has 0 saturated heterocycles. The lowest BCUT2D eigenvalue weighted by atomic mass is 9.48. The zero-order valence-electron chi connectivity index (χ0n) is 12.5. The molecule has 1 atom stereocenters. The highest BCUT2D eigenvalue weighted by Crippen LogP contribution is 2.61. The summed E-state index contributed by atoms with van der Waals surface area (Å²) in [6.07, 6.45) is 9.72. The van der Waals surface area contributed by atoms with Crippen molar-refractivity contribution in [2.24, 2.45) is 23.2 Å². The van der Waals surface area contributed by atoms with E-state index in [1.165, 1.54) is 49.5 Å². The highest BCUT2D eigenvalue weighted by molar-refractivity contribution is 5.76. The third-order valence-electron chi connectivity index (χ3n) is 6.08. The van der Waals surface area contributed by atoms with Gasteiger partial charge in [-0.3, -0.25) is 4.79 Å². The molecule has 1 aromatic heterocycles. The number of aromatic nitrogens is 4. The third kappa shape index (κ3) is 2.34. The Balaban J connectivity index is 1.42. The number of carbonyl (C=O) groups is 1. The topological polar surface area (TPSA) is 72.7 Å². The Hall–Kier alpha value is -1.46. The summed E-state index contributed by atoms with van der Waals surface area (Å²) in [4.78, 5) is 12.2. The maximum atomic E-state index is 12.2. The Kier molecular flexibility index (Phi) is 3.01. The number of nitrogens with zero attached hydrogens (tertiary/aromatic N) is 4. The molecular formula is C15H23N5O. The van der Waals surface area contributed by atoms with Crippen LogP contribution in [-0.4, -0.2) is 32.2 Å². The van der Waals surface area contributed by atoms with Crippen LogP contribution in [-0.2, 0) is 11.3 Å². The van der Waals surface area contributed by atoms with E-state index >= 15 is 0 Å². The lowest BCUT2D eigenvalue weighted by Crippen LogP contribution is -2.56. The molecule has 0 unspecified atom stereocenters. The molecule has 4 aliphatic rings. The number of rotatable bonds is 4. The Morgan fingerprint density at radius 2 is 1.90 bits per heavy atom. The lowest BCUT2D eigenvalue weighted by Gasteiger charge is -2.59. The number of hydrogen-bond donors (Lipinski definition) is 1. The maximum Gasteiger partial charge on any atom is 0.242 e. The average Bonchev–Trinajstić information content (AvgIpc) is 2.89. The van der Waals surface area contributed by atoms with Gasteiger partial charge in [-0.1, -0.05) is 0 Å². The normalized spacial score (nSPS) is 38.4. The first-order chi connectivity index (χ1) is 10.1. The van der Waals surface area contributed by atoms with Crippen molar-refractivity contribution in [1.82, 2.24) is 25.5 Å². The van der Waals surface area contributed by atoms with Crippen molar-refractivity contribution in [3.05, 3.63) is 6.33 Å². The van der Waals surface area contributed by atoms with E-state index in [9.17, 15) is 4.79 Å². The molecule has 114 valence electrons. The Morgan fingerprint density at radius 1 is 1.29 bits per heavy atom. The van der Waals surface area contributed by atoms with E-state index in [1.807, 2.05) is 0 Å². The molecule has 4 saturated carbocycles. The molecule has 4 fully saturated rings. The minimum absolute atomic E-state index is 0.0190. The van der Waals surface area contributed by atoms with Gasteiger partial charge in [0, 0.05) is 6.04 Å². The summed E-state index contributed by atoms with van der Waals surface area (Å²) in [5.41, 5.74) is 0.352. The van der Waals surface area contributed by atoms with Crippen LogP contribution < -0.4 is 5.32 Å². The van der Waals surface area contributed by atoms with Crippen LogP contribution in [0.3, 0.4) is 0 Å². The first-order valence-electron chi connectivity index (χ1n) is 8.13. The molecule has 1 heterocycles. The number of hydrogen-bond acceptors (Lipinski definition) is 4. The quantitative estimate of drug-likeness (QED) is 0.909. The van der Waals surface area contributed by atoms with Gasteiger partial charge >= 0.3 is 0 Å². The van der Waals surface area contributed by atoms with Crippen LogP contribution in [0, 0.1) is 23.2 Å². The average molecular weight is 289 g/mol. The zero-order chi connectivity index (χ0) is 14.4. The summed E-state index contributed by atoms with van der Waals surface area (Å²) < 4.78 is 1.47. The van der Waals surface area contributed by atoms with Gasteiger partial charge in [-0.25, -0.2) is 4.68 Å². The molecule has 6 heteroatoms. The molecule has 4 bridgehead atoms. The molecule has 0 aromatic carbocycles. The summed E-state index contributed by atoms with van der Waals surface area (Å²) in [5, 5.41) is 14.1. The predicted molar refractivity (Wildman–Crippen MR) is 76.0 cm³/mol. The van der Waals surface area contributed by atoms with Gasteiger partial charge in [-0.2, -0.15) is 0 Å². The second-order valence-corrected chi connectivity index (χ2v) is 7.58. The van der Waals surface area contributed by atoms with E-state index in [0.29, 0.717) is 5.41 Å². The monoisotopic (exact) mass is 289 g/mol. The molecular weight excluding hydrogens is 266 g/mol. The van der Waals surface area contributed by atoms with Gasteiger partial charge in [0.15, 0.2) is 0 Å². The van der Waals surface area contributed by atoms with Gasteiger partial charge in [0.05, 0.1) is 0 Å². The molecule has 0 radical (unpaired) electrons. The van der Waals surface area contributed by atoms with E-state index in [2.05, 4.69) is 27.8 Å². The van der Waals surface area contributed by atoms with Crippen molar-refractivity contribution in [2.45, 2.75) is 58.0 Å². The Morgan fingerprint density at radius 3 is 2.43 bits per heavy atom. The van der Waals surface area contributed by atoms with E-state index < -0.39 is 0 Å². The number of tetrazole rings is 1. The summed E-state index contributed by atoms with van der Waals surface area (Å²) in [6, 6.07) is 0.259. The van der Waals surface area contributed by atoms with Gasteiger partial charge in [0.25, 0.3) is 0 Å². The van der Waals surface area contributed by atoms with E-state index in [-0.39, 0.29) is 18.5 Å². The van der Waals surface area contributed by atoms with Crippen molar-refractivity contribution in [3.63, 3.8) is 0 Å². The van der Waals surface area contributed by atoms with E-state index in [1.54, 1.807) is 0 Å². The minimum Gasteiger partial charge on any atom is -0.351 e. The SMILES string of the molecule is C[C@@H](NC(=O)Cn1cnnn1)C12CC3CC(CC(C3)C1)C2. The van der Waals surface area contributed by atoms with Gasteiger partial charge in [0.2, 0.25) is 5.91 Å². The van der Waals surface area contributed by atoms with Gasteiger partial charge < -0.3 is 5.32 Å². The van der Waals surface area contributed by atoms with Crippen LogP contribution in [0.4, 0.5) is 0 Å². The summed E-state index contributed by atoms with van der Waals surface area (Å²) in [6.45, 7) is 2.41. The maximum absolute atomic E-state index is 12.2. The smallest absolute Gasteiger partial charge is 0.242 e. The second kappa shape index (κ2) is 4.78. The van der Waals surface area contributed by atoms with Crippen molar-refractivity contribution < 1.29 is 4.79 Å². The van der Waals surface area contributed by atoms with Gasteiger partial charge in [-0.15, -0.1) is 5.10 Å². The molecule has 4 aliphatic carbocycles. The minimum atomic E-state index is 0.0190. The van der Waals surface area contributed by atoms with Crippen LogP contribution in [0.15, 0.2) is 6.33 Å². The first-order valence-corrected chi connectivity index (χ1v) is 8.13. The molecule has 1 amide bonds. The van der Waals surface area contributed by atoms with Crippen LogP contribution in [0.25, 0.3) is 0 Å².